The highest BCUT2D eigenvalue weighted by Gasteiger charge is 2.50. The number of hydrogen-bond donors (Lipinski definition) is 0. The second-order valence-electron chi connectivity index (χ2n) is 4.46. The van der Waals surface area contributed by atoms with Crippen LogP contribution in [0, 0.1) is 18.4 Å². The molecule has 1 fully saturated rings. The van der Waals surface area contributed by atoms with Crippen molar-refractivity contribution in [3.05, 3.63) is 35.9 Å². The van der Waals surface area contributed by atoms with E-state index in [0.29, 0.717) is 6.61 Å². The van der Waals surface area contributed by atoms with Gasteiger partial charge >= 0.3 is 6.09 Å². The third kappa shape index (κ3) is 1.57. The zero-order valence-electron chi connectivity index (χ0n) is 10.0. The van der Waals surface area contributed by atoms with Crippen molar-refractivity contribution < 1.29 is 9.53 Å². The lowest BCUT2D eigenvalue weighted by atomic mass is 9.80. The predicted molar refractivity (Wildman–Crippen MR) is 65.0 cm³/mol. The maximum Gasteiger partial charge on any atom is 0.422 e. The number of rotatable bonds is 2. The van der Waals surface area contributed by atoms with Gasteiger partial charge in [-0.1, -0.05) is 50.6 Å². The summed E-state index contributed by atoms with van der Waals surface area (Å²) in [7, 11) is 0. The van der Waals surface area contributed by atoms with Gasteiger partial charge in [0.25, 0.3) is 0 Å². The molecule has 0 bridgehead atoms. The largest absolute Gasteiger partial charge is 0.446 e. The molecule has 0 saturated carbocycles. The van der Waals surface area contributed by atoms with Gasteiger partial charge in [0.1, 0.15) is 12.1 Å². The summed E-state index contributed by atoms with van der Waals surface area (Å²) in [6.07, 6.45) is 5.01. The van der Waals surface area contributed by atoms with Crippen LogP contribution < -0.4 is 0 Å². The molecule has 0 radical (unpaired) electrons. The van der Waals surface area contributed by atoms with E-state index in [2.05, 4.69) is 6.04 Å². The Labute approximate surface area is 101 Å². The Balaban J connectivity index is 2.56. The summed E-state index contributed by atoms with van der Waals surface area (Å²) in [6.45, 7) is 4.39. The number of carbonyl (C=O) groups is 1. The van der Waals surface area contributed by atoms with Gasteiger partial charge in [0.05, 0.1) is 0 Å². The number of terminal acetylenes is 1. The van der Waals surface area contributed by atoms with Crippen LogP contribution >= 0.6 is 0 Å². The molecule has 0 spiro atoms. The predicted octanol–water partition coefficient (Wildman–Crippen LogP) is 2.58. The average Bonchev–Trinajstić information content (AvgIpc) is 2.68. The molecule has 3 heteroatoms. The van der Waals surface area contributed by atoms with Crippen LogP contribution in [0.15, 0.2) is 30.3 Å². The molecule has 0 aromatic heterocycles. The van der Waals surface area contributed by atoms with Crippen LogP contribution in [0.2, 0.25) is 0 Å². The van der Waals surface area contributed by atoms with Crippen LogP contribution in [0.1, 0.15) is 19.4 Å². The van der Waals surface area contributed by atoms with Crippen molar-refractivity contribution in [2.45, 2.75) is 19.4 Å². The summed E-state index contributed by atoms with van der Waals surface area (Å²) in [5, 5.41) is 0. The summed E-state index contributed by atoms with van der Waals surface area (Å²) in [6, 6.07) is 12.2. The first-order chi connectivity index (χ1) is 8.13. The minimum atomic E-state index is -0.549. The van der Waals surface area contributed by atoms with Crippen molar-refractivity contribution in [1.82, 2.24) is 4.90 Å². The molecule has 1 aromatic rings. The molecule has 1 aliphatic rings. The number of amides is 1. The fraction of sp³-hybridized carbons (Fsp3) is 0.357. The van der Waals surface area contributed by atoms with Gasteiger partial charge < -0.3 is 4.74 Å². The van der Waals surface area contributed by atoms with Crippen LogP contribution in [0.3, 0.4) is 0 Å². The molecule has 0 unspecified atom stereocenters. The van der Waals surface area contributed by atoms with Crippen LogP contribution in [0.4, 0.5) is 4.79 Å². The van der Waals surface area contributed by atoms with Gasteiger partial charge in [0.2, 0.25) is 0 Å². The maximum absolute atomic E-state index is 11.7. The van der Waals surface area contributed by atoms with Gasteiger partial charge in [0.15, 0.2) is 0 Å². The normalized spacial score (nSPS) is 23.6. The molecule has 1 aliphatic heterocycles. The Morgan fingerprint density at radius 3 is 2.59 bits per heavy atom. The number of carbonyl (C=O) groups excluding carboxylic acids is 1. The molecule has 1 saturated heterocycles. The molecule has 0 N–H and O–H groups in total. The fourth-order valence-electron chi connectivity index (χ4n) is 2.33. The Bertz CT molecular complexity index is 461. The average molecular weight is 229 g/mol. The third-order valence-electron chi connectivity index (χ3n) is 3.36. The van der Waals surface area contributed by atoms with E-state index in [-0.39, 0.29) is 5.92 Å². The van der Waals surface area contributed by atoms with Crippen molar-refractivity contribution in [3.63, 3.8) is 0 Å². The van der Waals surface area contributed by atoms with E-state index in [1.165, 1.54) is 4.90 Å². The molecular weight excluding hydrogens is 214 g/mol. The van der Waals surface area contributed by atoms with E-state index in [1.807, 2.05) is 44.2 Å². The summed E-state index contributed by atoms with van der Waals surface area (Å²) < 4.78 is 5.13. The van der Waals surface area contributed by atoms with Gasteiger partial charge in [-0.25, -0.2) is 9.69 Å². The first kappa shape index (κ1) is 11.5. The van der Waals surface area contributed by atoms with Crippen molar-refractivity contribution in [3.8, 4) is 12.5 Å². The monoisotopic (exact) mass is 229 g/mol. The lowest BCUT2D eigenvalue weighted by Gasteiger charge is -2.35. The summed E-state index contributed by atoms with van der Waals surface area (Å²) >= 11 is 0. The fourth-order valence-corrected chi connectivity index (χ4v) is 2.33. The molecule has 1 amide bonds. The second kappa shape index (κ2) is 4.14. The van der Waals surface area contributed by atoms with Crippen molar-refractivity contribution in [2.75, 3.05) is 6.61 Å². The van der Waals surface area contributed by atoms with E-state index in [4.69, 9.17) is 11.2 Å². The number of hydrogen-bond acceptors (Lipinski definition) is 2. The summed E-state index contributed by atoms with van der Waals surface area (Å²) in [4.78, 5) is 13.0. The molecule has 2 rings (SSSR count). The minimum absolute atomic E-state index is 0.174. The Morgan fingerprint density at radius 1 is 1.41 bits per heavy atom. The van der Waals surface area contributed by atoms with E-state index in [1.54, 1.807) is 0 Å². The van der Waals surface area contributed by atoms with Gasteiger partial charge in [-0.3, -0.25) is 0 Å². The molecule has 0 aliphatic carbocycles. The highest BCUT2D eigenvalue weighted by Crippen LogP contribution is 2.40. The van der Waals surface area contributed by atoms with E-state index in [0.717, 1.165) is 5.56 Å². The molecular formula is C14H15NO2. The second-order valence-corrected chi connectivity index (χ2v) is 4.46. The van der Waals surface area contributed by atoms with Crippen LogP contribution in [-0.2, 0) is 10.3 Å². The number of cyclic esters (lactones) is 1. The zero-order valence-corrected chi connectivity index (χ0v) is 10.0. The lowest BCUT2D eigenvalue weighted by Crippen LogP contribution is -2.46. The molecule has 17 heavy (non-hydrogen) atoms. The van der Waals surface area contributed by atoms with Gasteiger partial charge in [-0.15, -0.1) is 0 Å². The first-order valence-electron chi connectivity index (χ1n) is 5.61. The summed E-state index contributed by atoms with van der Waals surface area (Å²) in [5.74, 6) is 0.174. The third-order valence-corrected chi connectivity index (χ3v) is 3.36. The molecule has 1 atom stereocenters. The Hall–Kier alpha value is -1.95. The molecule has 3 nitrogen and oxygen atoms in total. The standard InChI is InChI=1S/C14H15NO2/c1-4-15-13(16)17-10-14(15,11(2)3)12-8-6-5-7-9-12/h1,5-9,11H,10H2,2-3H3/t14-/m1/s1. The van der Waals surface area contributed by atoms with E-state index < -0.39 is 11.6 Å². The van der Waals surface area contributed by atoms with Crippen LogP contribution in [-0.4, -0.2) is 17.6 Å². The van der Waals surface area contributed by atoms with Crippen molar-refractivity contribution in [2.24, 2.45) is 5.92 Å². The smallest absolute Gasteiger partial charge is 0.422 e. The van der Waals surface area contributed by atoms with Crippen molar-refractivity contribution in [1.29, 1.82) is 0 Å². The van der Waals surface area contributed by atoms with E-state index in [9.17, 15) is 4.79 Å². The van der Waals surface area contributed by atoms with Crippen LogP contribution in [0.5, 0.6) is 0 Å². The first-order valence-corrected chi connectivity index (χ1v) is 5.61. The molecule has 88 valence electrons. The van der Waals surface area contributed by atoms with Gasteiger partial charge in [0, 0.05) is 6.04 Å². The minimum Gasteiger partial charge on any atom is -0.446 e. The Morgan fingerprint density at radius 2 is 2.06 bits per heavy atom. The van der Waals surface area contributed by atoms with Gasteiger partial charge in [-0.05, 0) is 11.5 Å². The lowest BCUT2D eigenvalue weighted by molar-refractivity contribution is 0.159. The molecule has 1 heterocycles. The highest BCUT2D eigenvalue weighted by atomic mass is 16.6. The van der Waals surface area contributed by atoms with Gasteiger partial charge in [-0.2, -0.15) is 0 Å². The summed E-state index contributed by atoms with van der Waals surface area (Å²) in [5.41, 5.74) is 0.464. The number of nitrogens with zero attached hydrogens (tertiary/aromatic N) is 1. The van der Waals surface area contributed by atoms with E-state index >= 15 is 0 Å². The SMILES string of the molecule is C#CN1C(=O)OC[C@]1(c1ccccc1)C(C)C. The number of ether oxygens (including phenoxy) is 1. The van der Waals surface area contributed by atoms with Crippen molar-refractivity contribution >= 4 is 6.09 Å². The van der Waals surface area contributed by atoms with Crippen LogP contribution in [0.25, 0.3) is 0 Å². The Kier molecular flexibility index (Phi) is 2.81. The topological polar surface area (TPSA) is 29.5 Å². The zero-order chi connectivity index (χ0) is 12.5. The molecule has 1 aromatic carbocycles. The maximum atomic E-state index is 11.7. The quantitative estimate of drug-likeness (QED) is 0.729. The number of benzene rings is 1. The highest BCUT2D eigenvalue weighted by molar-refractivity contribution is 5.74.